The van der Waals surface area contributed by atoms with E-state index in [4.69, 9.17) is 4.74 Å². The van der Waals surface area contributed by atoms with Gasteiger partial charge >= 0.3 is 0 Å². The normalized spacial score (nSPS) is 10.2. The van der Waals surface area contributed by atoms with Gasteiger partial charge in [-0.25, -0.2) is 0 Å². The first kappa shape index (κ1) is 15.4. The number of thioether (sulfide) groups is 1. The number of ether oxygens (including phenoxy) is 1. The smallest absolute Gasteiger partial charge is 0.251 e. The summed E-state index contributed by atoms with van der Waals surface area (Å²) in [6.45, 7) is 2.88. The lowest BCUT2D eigenvalue weighted by atomic mass is 10.1. The van der Waals surface area contributed by atoms with Gasteiger partial charge in [-0.05, 0) is 43.0 Å². The summed E-state index contributed by atoms with van der Waals surface area (Å²) in [7, 11) is 0. The molecule has 0 aliphatic carbocycles. The highest BCUT2D eigenvalue weighted by atomic mass is 32.2. The van der Waals surface area contributed by atoms with Crippen molar-refractivity contribution >= 4 is 17.7 Å². The Kier molecular flexibility index (Phi) is 5.69. The third kappa shape index (κ3) is 4.53. The highest BCUT2D eigenvalue weighted by Crippen LogP contribution is 2.19. The van der Waals surface area contributed by atoms with Gasteiger partial charge in [0.2, 0.25) is 0 Å². The van der Waals surface area contributed by atoms with Gasteiger partial charge in [-0.2, -0.15) is 0 Å². The van der Waals surface area contributed by atoms with Crippen LogP contribution in [0.2, 0.25) is 0 Å². The maximum atomic E-state index is 12.2. The molecule has 2 aromatic carbocycles. The lowest BCUT2D eigenvalue weighted by molar-refractivity contribution is 0.0946. The fraction of sp³-hybridized carbons (Fsp3) is 0.235. The van der Waals surface area contributed by atoms with Gasteiger partial charge in [-0.3, -0.25) is 4.79 Å². The van der Waals surface area contributed by atoms with Gasteiger partial charge in [0.1, 0.15) is 12.4 Å². The molecule has 110 valence electrons. The molecule has 0 saturated heterocycles. The number of nitrogens with one attached hydrogen (secondary N) is 1. The summed E-state index contributed by atoms with van der Waals surface area (Å²) in [4.78, 5) is 13.3. The number of carbonyl (C=O) groups is 1. The molecule has 0 bridgehead atoms. The molecule has 2 rings (SSSR count). The lowest BCUT2D eigenvalue weighted by Crippen LogP contribution is -2.28. The largest absolute Gasteiger partial charge is 0.492 e. The third-order valence-electron chi connectivity index (χ3n) is 3.09. The molecule has 0 atom stereocenters. The molecule has 0 spiro atoms. The van der Waals surface area contributed by atoms with Gasteiger partial charge in [-0.15, -0.1) is 11.8 Å². The Labute approximate surface area is 129 Å². The minimum atomic E-state index is -0.0555. The van der Waals surface area contributed by atoms with Crippen molar-refractivity contribution in [2.75, 3.05) is 19.4 Å². The van der Waals surface area contributed by atoms with Gasteiger partial charge in [-0.1, -0.05) is 24.3 Å². The fourth-order valence-corrected chi connectivity index (χ4v) is 2.36. The molecule has 0 aliphatic heterocycles. The molecule has 0 aliphatic rings. The van der Waals surface area contributed by atoms with Crippen LogP contribution in [0.3, 0.4) is 0 Å². The Morgan fingerprint density at radius 3 is 2.67 bits per heavy atom. The summed E-state index contributed by atoms with van der Waals surface area (Å²) >= 11 is 1.63. The summed E-state index contributed by atoms with van der Waals surface area (Å²) in [6, 6.07) is 15.5. The molecule has 0 unspecified atom stereocenters. The second-order valence-corrected chi connectivity index (χ2v) is 5.48. The standard InChI is InChI=1S/C17H19NO2S/c1-13-8-9-15(21-2)12-16(13)17(19)18-10-11-20-14-6-4-3-5-7-14/h3-9,12H,10-11H2,1-2H3,(H,18,19). The maximum Gasteiger partial charge on any atom is 0.251 e. The first-order valence-corrected chi connectivity index (χ1v) is 8.04. The number of para-hydroxylation sites is 1. The quantitative estimate of drug-likeness (QED) is 0.655. The van der Waals surface area contributed by atoms with E-state index in [0.717, 1.165) is 21.8 Å². The van der Waals surface area contributed by atoms with Crippen molar-refractivity contribution in [1.82, 2.24) is 5.32 Å². The van der Waals surface area contributed by atoms with Crippen LogP contribution in [-0.2, 0) is 0 Å². The molecule has 1 amide bonds. The monoisotopic (exact) mass is 301 g/mol. The van der Waals surface area contributed by atoms with Crippen molar-refractivity contribution < 1.29 is 9.53 Å². The number of amides is 1. The first-order valence-electron chi connectivity index (χ1n) is 6.81. The molecule has 0 saturated carbocycles. The fourth-order valence-electron chi connectivity index (χ4n) is 1.92. The Hall–Kier alpha value is -1.94. The summed E-state index contributed by atoms with van der Waals surface area (Å²) in [5.41, 5.74) is 1.70. The number of carbonyl (C=O) groups excluding carboxylic acids is 1. The van der Waals surface area contributed by atoms with Crippen LogP contribution >= 0.6 is 11.8 Å². The van der Waals surface area contributed by atoms with Crippen LogP contribution in [0.4, 0.5) is 0 Å². The number of hydrogen-bond acceptors (Lipinski definition) is 3. The van der Waals surface area contributed by atoms with E-state index in [2.05, 4.69) is 5.32 Å². The lowest BCUT2D eigenvalue weighted by Gasteiger charge is -2.10. The van der Waals surface area contributed by atoms with E-state index in [1.807, 2.05) is 61.7 Å². The average Bonchev–Trinajstić information content (AvgIpc) is 2.53. The second kappa shape index (κ2) is 7.74. The molecule has 0 radical (unpaired) electrons. The molecule has 0 fully saturated rings. The van der Waals surface area contributed by atoms with Crippen molar-refractivity contribution in [3.8, 4) is 5.75 Å². The highest BCUT2D eigenvalue weighted by molar-refractivity contribution is 7.98. The van der Waals surface area contributed by atoms with E-state index in [1.54, 1.807) is 11.8 Å². The van der Waals surface area contributed by atoms with Crippen LogP contribution in [0, 0.1) is 6.92 Å². The van der Waals surface area contributed by atoms with Gasteiger partial charge in [0.25, 0.3) is 5.91 Å². The molecule has 21 heavy (non-hydrogen) atoms. The molecule has 4 heteroatoms. The van der Waals surface area contributed by atoms with Crippen molar-refractivity contribution in [1.29, 1.82) is 0 Å². The maximum absolute atomic E-state index is 12.2. The summed E-state index contributed by atoms with van der Waals surface area (Å²) in [5, 5.41) is 2.89. The molecule has 1 N–H and O–H groups in total. The van der Waals surface area contributed by atoms with E-state index in [1.165, 1.54) is 0 Å². The van der Waals surface area contributed by atoms with E-state index in [0.29, 0.717) is 13.2 Å². The molecule has 3 nitrogen and oxygen atoms in total. The van der Waals surface area contributed by atoms with Crippen LogP contribution in [0.25, 0.3) is 0 Å². The van der Waals surface area contributed by atoms with Crippen molar-refractivity contribution in [3.63, 3.8) is 0 Å². The van der Waals surface area contributed by atoms with Crippen LogP contribution in [0.5, 0.6) is 5.75 Å². The number of benzene rings is 2. The molecule has 0 heterocycles. The zero-order valence-corrected chi connectivity index (χ0v) is 13.1. The summed E-state index contributed by atoms with van der Waals surface area (Å²) < 4.78 is 5.55. The topological polar surface area (TPSA) is 38.3 Å². The van der Waals surface area contributed by atoms with E-state index in [9.17, 15) is 4.79 Å². The second-order valence-electron chi connectivity index (χ2n) is 4.60. The van der Waals surface area contributed by atoms with Gasteiger partial charge in [0.15, 0.2) is 0 Å². The van der Waals surface area contributed by atoms with Crippen LogP contribution in [0.15, 0.2) is 53.4 Å². The zero-order valence-electron chi connectivity index (χ0n) is 12.3. The SMILES string of the molecule is CSc1ccc(C)c(C(=O)NCCOc2ccccc2)c1. The third-order valence-corrected chi connectivity index (χ3v) is 3.81. The van der Waals surface area contributed by atoms with Crippen molar-refractivity contribution in [2.45, 2.75) is 11.8 Å². The molecule has 2 aromatic rings. The molecular weight excluding hydrogens is 282 g/mol. The minimum absolute atomic E-state index is 0.0555. The Bertz CT molecular complexity index is 599. The van der Waals surface area contributed by atoms with E-state index >= 15 is 0 Å². The number of aryl methyl sites for hydroxylation is 1. The first-order chi connectivity index (χ1) is 10.2. The Balaban J connectivity index is 1.84. The average molecular weight is 301 g/mol. The number of rotatable bonds is 6. The minimum Gasteiger partial charge on any atom is -0.492 e. The van der Waals surface area contributed by atoms with Crippen LogP contribution in [0.1, 0.15) is 15.9 Å². The van der Waals surface area contributed by atoms with Gasteiger partial charge < -0.3 is 10.1 Å². The van der Waals surface area contributed by atoms with Gasteiger partial charge in [0.05, 0.1) is 6.54 Å². The highest BCUT2D eigenvalue weighted by Gasteiger charge is 2.09. The molecule has 0 aromatic heterocycles. The predicted octanol–water partition coefficient (Wildman–Crippen LogP) is 3.53. The van der Waals surface area contributed by atoms with Crippen LogP contribution in [-0.4, -0.2) is 25.3 Å². The Morgan fingerprint density at radius 2 is 1.95 bits per heavy atom. The van der Waals surface area contributed by atoms with Crippen molar-refractivity contribution in [3.05, 3.63) is 59.7 Å². The zero-order chi connectivity index (χ0) is 15.1. The summed E-state index contributed by atoms with van der Waals surface area (Å²) in [6.07, 6.45) is 2.00. The number of hydrogen-bond donors (Lipinski definition) is 1. The van der Waals surface area contributed by atoms with Crippen molar-refractivity contribution in [2.24, 2.45) is 0 Å². The van der Waals surface area contributed by atoms with E-state index in [-0.39, 0.29) is 5.91 Å². The van der Waals surface area contributed by atoms with Crippen LogP contribution < -0.4 is 10.1 Å². The van der Waals surface area contributed by atoms with Gasteiger partial charge in [0, 0.05) is 10.5 Å². The Morgan fingerprint density at radius 1 is 1.19 bits per heavy atom. The summed E-state index contributed by atoms with van der Waals surface area (Å²) in [5.74, 6) is 0.757. The van der Waals surface area contributed by atoms with E-state index < -0.39 is 0 Å². The predicted molar refractivity (Wildman–Crippen MR) is 87.2 cm³/mol. The molecular formula is C17H19NO2S.